The van der Waals surface area contributed by atoms with Crippen LogP contribution in [0.15, 0.2) is 33.8 Å². The molecule has 5 nitrogen and oxygen atoms in total. The van der Waals surface area contributed by atoms with E-state index < -0.39 is 0 Å². The van der Waals surface area contributed by atoms with Crippen molar-refractivity contribution in [3.05, 3.63) is 40.0 Å². The van der Waals surface area contributed by atoms with E-state index >= 15 is 0 Å². The first kappa shape index (κ1) is 12.4. The van der Waals surface area contributed by atoms with E-state index in [0.29, 0.717) is 16.3 Å². The molecule has 3 rings (SSSR count). The highest BCUT2D eigenvalue weighted by Crippen LogP contribution is 2.20. The molecule has 19 heavy (non-hydrogen) atoms. The van der Waals surface area contributed by atoms with Gasteiger partial charge in [-0.1, -0.05) is 11.8 Å². The second-order valence-corrected chi connectivity index (χ2v) is 5.79. The van der Waals surface area contributed by atoms with Gasteiger partial charge in [0.05, 0.1) is 11.3 Å². The number of hydrogen-bond acceptors (Lipinski definition) is 5. The Kier molecular flexibility index (Phi) is 3.39. The Morgan fingerprint density at radius 1 is 1.53 bits per heavy atom. The van der Waals surface area contributed by atoms with Crippen molar-refractivity contribution >= 4 is 33.3 Å². The van der Waals surface area contributed by atoms with Gasteiger partial charge < -0.3 is 9.55 Å². The summed E-state index contributed by atoms with van der Waals surface area (Å²) < 4.78 is 2.75. The van der Waals surface area contributed by atoms with E-state index in [1.807, 2.05) is 17.6 Å². The Morgan fingerprint density at radius 3 is 3.26 bits per heavy atom. The zero-order chi connectivity index (χ0) is 13.2. The lowest BCUT2D eigenvalue weighted by atomic mass is 10.4. The van der Waals surface area contributed by atoms with Crippen molar-refractivity contribution < 1.29 is 0 Å². The summed E-state index contributed by atoms with van der Waals surface area (Å²) in [6.45, 7) is 2.96. The molecule has 0 atom stereocenters. The van der Waals surface area contributed by atoms with Gasteiger partial charge in [-0.2, -0.15) is 0 Å². The molecule has 1 N–H and O–H groups in total. The summed E-state index contributed by atoms with van der Waals surface area (Å²) in [5.74, 6) is 1.30. The average Bonchev–Trinajstić information content (AvgIpc) is 3.04. The summed E-state index contributed by atoms with van der Waals surface area (Å²) >= 11 is 2.99. The maximum absolute atomic E-state index is 11.8. The van der Waals surface area contributed by atoms with Crippen molar-refractivity contribution in [3.8, 4) is 0 Å². The van der Waals surface area contributed by atoms with E-state index in [4.69, 9.17) is 0 Å². The van der Waals surface area contributed by atoms with Crippen LogP contribution in [0.3, 0.4) is 0 Å². The zero-order valence-corrected chi connectivity index (χ0v) is 11.9. The molecule has 0 aliphatic heterocycles. The number of aromatic nitrogens is 4. The summed E-state index contributed by atoms with van der Waals surface area (Å²) in [6, 6.07) is 1.87. The quantitative estimate of drug-likeness (QED) is 0.750. The summed E-state index contributed by atoms with van der Waals surface area (Å²) in [5, 5.41) is 2.82. The van der Waals surface area contributed by atoms with Crippen molar-refractivity contribution in [2.75, 3.05) is 0 Å². The largest absolute Gasteiger partial charge is 0.326 e. The van der Waals surface area contributed by atoms with Gasteiger partial charge in [0.1, 0.15) is 10.5 Å². The van der Waals surface area contributed by atoms with Crippen LogP contribution >= 0.6 is 23.1 Å². The molecule has 3 aromatic heterocycles. The van der Waals surface area contributed by atoms with Crippen LogP contribution < -0.4 is 5.56 Å². The normalized spacial score (nSPS) is 11.2. The number of rotatable bonds is 4. The van der Waals surface area contributed by atoms with E-state index in [-0.39, 0.29) is 5.56 Å². The topological polar surface area (TPSA) is 63.6 Å². The maximum Gasteiger partial charge on any atom is 0.268 e. The number of nitrogens with zero attached hydrogens (tertiary/aromatic N) is 3. The molecule has 3 heterocycles. The van der Waals surface area contributed by atoms with Crippen LogP contribution in [-0.2, 0) is 12.3 Å². The highest BCUT2D eigenvalue weighted by molar-refractivity contribution is 7.98. The van der Waals surface area contributed by atoms with Crippen molar-refractivity contribution in [1.29, 1.82) is 0 Å². The first-order valence-corrected chi connectivity index (χ1v) is 7.75. The van der Waals surface area contributed by atoms with E-state index in [9.17, 15) is 4.79 Å². The molecular weight excluding hydrogens is 280 g/mol. The monoisotopic (exact) mass is 292 g/mol. The molecule has 0 aromatic carbocycles. The first-order valence-electron chi connectivity index (χ1n) is 5.88. The van der Waals surface area contributed by atoms with Gasteiger partial charge in [-0.05, 0) is 18.4 Å². The van der Waals surface area contributed by atoms with Gasteiger partial charge in [0, 0.05) is 18.9 Å². The number of aryl methyl sites for hydroxylation is 1. The molecule has 0 unspecified atom stereocenters. The number of fused-ring (bicyclic) bond motifs is 1. The lowest BCUT2D eigenvalue weighted by Gasteiger charge is -2.03. The van der Waals surface area contributed by atoms with Gasteiger partial charge in [-0.25, -0.2) is 9.97 Å². The molecule has 0 radical (unpaired) electrons. The van der Waals surface area contributed by atoms with E-state index in [0.717, 1.165) is 17.2 Å². The van der Waals surface area contributed by atoms with E-state index in [1.165, 1.54) is 11.3 Å². The molecule has 0 aliphatic rings. The molecule has 0 bridgehead atoms. The minimum absolute atomic E-state index is 0.0607. The second kappa shape index (κ2) is 5.18. The van der Waals surface area contributed by atoms with Gasteiger partial charge in [0.25, 0.3) is 5.56 Å². The Bertz CT molecular complexity index is 758. The standard InChI is InChI=1S/C12H12N4OS2/c1-2-16-5-4-13-12(16)19-7-9-14-8-3-6-18-10(8)11(17)15-9/h3-6H,2,7H2,1H3,(H,14,15,17). The number of hydrogen-bond donors (Lipinski definition) is 1. The third-order valence-electron chi connectivity index (χ3n) is 2.72. The number of nitrogens with one attached hydrogen (secondary N) is 1. The minimum Gasteiger partial charge on any atom is -0.326 e. The average molecular weight is 292 g/mol. The number of thioether (sulfide) groups is 1. The van der Waals surface area contributed by atoms with Crippen LogP contribution in [0, 0.1) is 0 Å². The first-order chi connectivity index (χ1) is 9.28. The summed E-state index contributed by atoms with van der Waals surface area (Å²) in [6.07, 6.45) is 3.73. The van der Waals surface area contributed by atoms with Crippen LogP contribution in [0.2, 0.25) is 0 Å². The van der Waals surface area contributed by atoms with E-state index in [2.05, 4.69) is 26.4 Å². The van der Waals surface area contributed by atoms with Gasteiger partial charge in [0.2, 0.25) is 0 Å². The fraction of sp³-hybridized carbons (Fsp3) is 0.250. The lowest BCUT2D eigenvalue weighted by molar-refractivity contribution is 0.681. The fourth-order valence-corrected chi connectivity index (χ4v) is 3.42. The molecule has 98 valence electrons. The van der Waals surface area contributed by atoms with Gasteiger partial charge in [-0.15, -0.1) is 11.3 Å². The zero-order valence-electron chi connectivity index (χ0n) is 10.3. The van der Waals surface area contributed by atoms with Crippen LogP contribution in [0.25, 0.3) is 10.2 Å². The third kappa shape index (κ3) is 2.43. The minimum atomic E-state index is -0.0607. The predicted molar refractivity (Wildman–Crippen MR) is 77.7 cm³/mol. The van der Waals surface area contributed by atoms with Crippen LogP contribution in [0.5, 0.6) is 0 Å². The molecule has 0 saturated carbocycles. The molecule has 7 heteroatoms. The van der Waals surface area contributed by atoms with Crippen molar-refractivity contribution in [2.45, 2.75) is 24.4 Å². The third-order valence-corrected chi connectivity index (χ3v) is 4.64. The number of H-pyrrole nitrogens is 1. The summed E-state index contributed by atoms with van der Waals surface area (Å²) in [5.41, 5.74) is 0.706. The number of imidazole rings is 1. The molecule has 0 aliphatic carbocycles. The molecule has 3 aromatic rings. The molecule has 0 spiro atoms. The van der Waals surface area contributed by atoms with Gasteiger partial charge in [0.15, 0.2) is 5.16 Å². The lowest BCUT2D eigenvalue weighted by Crippen LogP contribution is -2.09. The van der Waals surface area contributed by atoms with Crippen LogP contribution in [-0.4, -0.2) is 19.5 Å². The highest BCUT2D eigenvalue weighted by Gasteiger charge is 2.07. The number of thiophene rings is 1. The Labute approximate surface area is 117 Å². The van der Waals surface area contributed by atoms with Crippen LogP contribution in [0.4, 0.5) is 0 Å². The highest BCUT2D eigenvalue weighted by atomic mass is 32.2. The smallest absolute Gasteiger partial charge is 0.268 e. The van der Waals surface area contributed by atoms with Gasteiger partial charge in [-0.3, -0.25) is 4.79 Å². The summed E-state index contributed by atoms with van der Waals surface area (Å²) in [4.78, 5) is 23.4. The molecule has 0 saturated heterocycles. The Hall–Kier alpha value is -1.60. The van der Waals surface area contributed by atoms with Crippen molar-refractivity contribution in [1.82, 2.24) is 19.5 Å². The van der Waals surface area contributed by atoms with E-state index in [1.54, 1.807) is 18.0 Å². The Balaban J connectivity index is 1.84. The predicted octanol–water partition coefficient (Wildman–Crippen LogP) is 2.49. The van der Waals surface area contributed by atoms with Crippen molar-refractivity contribution in [2.24, 2.45) is 0 Å². The van der Waals surface area contributed by atoms with Gasteiger partial charge >= 0.3 is 0 Å². The Morgan fingerprint density at radius 2 is 2.42 bits per heavy atom. The second-order valence-electron chi connectivity index (χ2n) is 3.93. The maximum atomic E-state index is 11.8. The number of aromatic amines is 1. The summed E-state index contributed by atoms with van der Waals surface area (Å²) in [7, 11) is 0. The molecule has 0 amide bonds. The molecule has 0 fully saturated rings. The fourth-order valence-electron chi connectivity index (χ4n) is 1.80. The SMILES string of the molecule is CCn1ccnc1SCc1nc2ccsc2c(=O)[nH]1. The van der Waals surface area contributed by atoms with Crippen molar-refractivity contribution in [3.63, 3.8) is 0 Å². The molecular formula is C12H12N4OS2. The van der Waals surface area contributed by atoms with Crippen LogP contribution in [0.1, 0.15) is 12.7 Å².